The summed E-state index contributed by atoms with van der Waals surface area (Å²) in [6.45, 7) is 3.92. The van der Waals surface area contributed by atoms with Crippen molar-refractivity contribution in [3.8, 4) is 0 Å². The molecule has 27 heavy (non-hydrogen) atoms. The molecule has 0 aromatic heterocycles. The molecule has 0 bridgehead atoms. The highest BCUT2D eigenvalue weighted by molar-refractivity contribution is 6.23. The molecule has 0 N–H and O–H groups in total. The van der Waals surface area contributed by atoms with Crippen molar-refractivity contribution in [2.75, 3.05) is 4.90 Å². The summed E-state index contributed by atoms with van der Waals surface area (Å²) >= 11 is 0. The molecule has 2 aliphatic rings. The van der Waals surface area contributed by atoms with Crippen molar-refractivity contribution in [2.45, 2.75) is 45.2 Å². The molecule has 2 fully saturated rings. The first-order valence-electron chi connectivity index (χ1n) is 9.28. The molecule has 1 unspecified atom stereocenters. The Balaban J connectivity index is 1.63. The molecule has 2 aromatic carbocycles. The number of carbonyl (C=O) groups excluding carboxylic acids is 3. The first-order valence-corrected chi connectivity index (χ1v) is 9.28. The van der Waals surface area contributed by atoms with Gasteiger partial charge in [0.25, 0.3) is 11.8 Å². The number of imide groups is 1. The molecule has 4 rings (SSSR count). The quantitative estimate of drug-likeness (QED) is 0.785. The van der Waals surface area contributed by atoms with Crippen LogP contribution in [0.15, 0.2) is 48.5 Å². The van der Waals surface area contributed by atoms with Crippen LogP contribution in [0.4, 0.5) is 5.69 Å². The molecule has 2 aromatic rings. The molecule has 5 nitrogen and oxygen atoms in total. The van der Waals surface area contributed by atoms with Gasteiger partial charge >= 0.3 is 0 Å². The van der Waals surface area contributed by atoms with E-state index in [0.29, 0.717) is 11.3 Å². The molecule has 1 saturated heterocycles. The zero-order chi connectivity index (χ0) is 19.1. The monoisotopic (exact) mass is 362 g/mol. The summed E-state index contributed by atoms with van der Waals surface area (Å²) in [7, 11) is 0. The second-order valence-electron chi connectivity index (χ2n) is 7.43. The number of benzene rings is 2. The Hall–Kier alpha value is -2.95. The van der Waals surface area contributed by atoms with Crippen molar-refractivity contribution in [1.82, 2.24) is 4.90 Å². The summed E-state index contributed by atoms with van der Waals surface area (Å²) in [5, 5.41) is 0. The van der Waals surface area contributed by atoms with E-state index in [9.17, 15) is 14.4 Å². The van der Waals surface area contributed by atoms with E-state index in [0.717, 1.165) is 24.0 Å². The van der Waals surface area contributed by atoms with Gasteiger partial charge in [-0.15, -0.1) is 0 Å². The minimum absolute atomic E-state index is 0.0403. The lowest BCUT2D eigenvalue weighted by molar-refractivity contribution is -0.122. The minimum atomic E-state index is -0.722. The zero-order valence-electron chi connectivity index (χ0n) is 15.5. The first-order chi connectivity index (χ1) is 13.0. The highest BCUT2D eigenvalue weighted by atomic mass is 16.2. The third kappa shape index (κ3) is 3.25. The van der Waals surface area contributed by atoms with E-state index in [1.54, 1.807) is 29.2 Å². The lowest BCUT2D eigenvalue weighted by Gasteiger charge is -2.27. The summed E-state index contributed by atoms with van der Waals surface area (Å²) in [5.74, 6) is -0.734. The number of amides is 3. The molecule has 1 atom stereocenters. The molecule has 3 amide bonds. The van der Waals surface area contributed by atoms with Crippen LogP contribution in [0.3, 0.4) is 0 Å². The molecule has 0 spiro atoms. The van der Waals surface area contributed by atoms with Crippen molar-refractivity contribution in [3.05, 3.63) is 65.2 Å². The van der Waals surface area contributed by atoms with Crippen LogP contribution < -0.4 is 4.90 Å². The summed E-state index contributed by atoms with van der Waals surface area (Å²) < 4.78 is 0. The standard InChI is InChI=1S/C22H22N2O3/c1-14-3-7-16(8-4-14)21(26)23(17-11-12-17)19-13-20(25)24(22(19)27)18-9-5-15(2)6-10-18/h3-10,17,19H,11-13H2,1-2H3. The third-order valence-corrected chi connectivity index (χ3v) is 5.22. The van der Waals surface area contributed by atoms with Gasteiger partial charge in [-0.25, -0.2) is 4.90 Å². The highest BCUT2D eigenvalue weighted by Gasteiger charge is 2.48. The highest BCUT2D eigenvalue weighted by Crippen LogP contribution is 2.35. The molecule has 138 valence electrons. The summed E-state index contributed by atoms with van der Waals surface area (Å²) in [6.07, 6.45) is 1.79. The fourth-order valence-electron chi connectivity index (χ4n) is 3.56. The Morgan fingerprint density at radius 3 is 2.04 bits per heavy atom. The van der Waals surface area contributed by atoms with Crippen molar-refractivity contribution >= 4 is 23.4 Å². The maximum atomic E-state index is 13.1. The Kier molecular flexibility index (Phi) is 4.30. The van der Waals surface area contributed by atoms with Gasteiger partial charge in [-0.05, 0) is 51.0 Å². The molecule has 1 aliphatic carbocycles. The van der Waals surface area contributed by atoms with Gasteiger partial charge in [0.2, 0.25) is 5.91 Å². The summed E-state index contributed by atoms with van der Waals surface area (Å²) in [6, 6.07) is 14.0. The van der Waals surface area contributed by atoms with Crippen LogP contribution in [0, 0.1) is 13.8 Å². The third-order valence-electron chi connectivity index (χ3n) is 5.22. The average molecular weight is 362 g/mol. The Morgan fingerprint density at radius 2 is 1.48 bits per heavy atom. The van der Waals surface area contributed by atoms with E-state index in [-0.39, 0.29) is 30.2 Å². The summed E-state index contributed by atoms with van der Waals surface area (Å²) in [4.78, 5) is 41.6. The van der Waals surface area contributed by atoms with Gasteiger partial charge < -0.3 is 4.90 Å². The number of hydrogen-bond donors (Lipinski definition) is 0. The van der Waals surface area contributed by atoms with E-state index in [4.69, 9.17) is 0 Å². The predicted octanol–water partition coefficient (Wildman–Crippen LogP) is 3.24. The van der Waals surface area contributed by atoms with Crippen LogP contribution in [0.2, 0.25) is 0 Å². The topological polar surface area (TPSA) is 57.7 Å². The van der Waals surface area contributed by atoms with Crippen molar-refractivity contribution < 1.29 is 14.4 Å². The van der Waals surface area contributed by atoms with Crippen molar-refractivity contribution in [1.29, 1.82) is 0 Å². The van der Waals surface area contributed by atoms with E-state index in [1.807, 2.05) is 38.1 Å². The number of nitrogens with zero attached hydrogens (tertiary/aromatic N) is 2. The van der Waals surface area contributed by atoms with Gasteiger partial charge in [-0.1, -0.05) is 35.4 Å². The smallest absolute Gasteiger partial charge is 0.257 e. The van der Waals surface area contributed by atoms with Crippen LogP contribution in [0.1, 0.15) is 40.7 Å². The number of hydrogen-bond acceptors (Lipinski definition) is 3. The maximum Gasteiger partial charge on any atom is 0.257 e. The molecule has 5 heteroatoms. The predicted molar refractivity (Wildman–Crippen MR) is 102 cm³/mol. The van der Waals surface area contributed by atoms with Gasteiger partial charge in [-0.3, -0.25) is 14.4 Å². The Labute approximate surface area is 158 Å². The first kappa shape index (κ1) is 17.5. The van der Waals surface area contributed by atoms with Crippen LogP contribution in [-0.2, 0) is 9.59 Å². The number of aryl methyl sites for hydroxylation is 2. The van der Waals surface area contributed by atoms with Crippen LogP contribution >= 0.6 is 0 Å². The van der Waals surface area contributed by atoms with Crippen molar-refractivity contribution in [3.63, 3.8) is 0 Å². The molecular formula is C22H22N2O3. The molecule has 1 saturated carbocycles. The Morgan fingerprint density at radius 1 is 0.926 bits per heavy atom. The molecule has 0 radical (unpaired) electrons. The molecule has 1 aliphatic heterocycles. The van der Waals surface area contributed by atoms with Gasteiger partial charge in [0, 0.05) is 11.6 Å². The fraction of sp³-hybridized carbons (Fsp3) is 0.318. The maximum absolute atomic E-state index is 13.1. The van der Waals surface area contributed by atoms with E-state index >= 15 is 0 Å². The van der Waals surface area contributed by atoms with E-state index in [2.05, 4.69) is 0 Å². The second kappa shape index (κ2) is 6.65. The van der Waals surface area contributed by atoms with E-state index < -0.39 is 6.04 Å². The number of carbonyl (C=O) groups is 3. The van der Waals surface area contributed by atoms with Crippen LogP contribution in [0.25, 0.3) is 0 Å². The van der Waals surface area contributed by atoms with Gasteiger partial charge in [0.05, 0.1) is 12.1 Å². The van der Waals surface area contributed by atoms with Crippen LogP contribution in [-0.4, -0.2) is 34.7 Å². The van der Waals surface area contributed by atoms with Gasteiger partial charge in [0.15, 0.2) is 0 Å². The minimum Gasteiger partial charge on any atom is -0.323 e. The van der Waals surface area contributed by atoms with E-state index in [1.165, 1.54) is 4.90 Å². The molecular weight excluding hydrogens is 340 g/mol. The lowest BCUT2D eigenvalue weighted by atomic mass is 10.1. The average Bonchev–Trinajstić information content (AvgIpc) is 3.43. The van der Waals surface area contributed by atoms with Crippen LogP contribution in [0.5, 0.6) is 0 Å². The second-order valence-corrected chi connectivity index (χ2v) is 7.43. The Bertz CT molecular complexity index is 898. The van der Waals surface area contributed by atoms with Crippen molar-refractivity contribution in [2.24, 2.45) is 0 Å². The largest absolute Gasteiger partial charge is 0.323 e. The number of rotatable bonds is 4. The zero-order valence-corrected chi connectivity index (χ0v) is 15.5. The SMILES string of the molecule is Cc1ccc(C(=O)N(C2CC2)C2CC(=O)N(c3ccc(C)cc3)C2=O)cc1. The van der Waals surface area contributed by atoms with Gasteiger partial charge in [-0.2, -0.15) is 0 Å². The lowest BCUT2D eigenvalue weighted by Crippen LogP contribution is -2.46. The summed E-state index contributed by atoms with van der Waals surface area (Å²) in [5.41, 5.74) is 3.25. The number of anilines is 1. The fourth-order valence-corrected chi connectivity index (χ4v) is 3.56. The van der Waals surface area contributed by atoms with Gasteiger partial charge in [0.1, 0.15) is 6.04 Å². The molecule has 1 heterocycles. The normalized spacial score (nSPS) is 19.5.